The van der Waals surface area contributed by atoms with Crippen molar-refractivity contribution in [3.05, 3.63) is 46.9 Å². The van der Waals surface area contributed by atoms with E-state index in [4.69, 9.17) is 11.6 Å². The van der Waals surface area contributed by atoms with Gasteiger partial charge in [0.25, 0.3) is 0 Å². The third-order valence-electron chi connectivity index (χ3n) is 3.49. The standard InChI is InChI=1S/C16H14ClF3N2O2/c1-15(2,13(23)24)7-9-4-3-5-10(6-9)12-11(16(18,19)20)8-21-14(17)22-12/h3-6,8H,7H2,1-2H3,(H,23,24). The molecule has 1 N–H and O–H groups in total. The van der Waals surface area contributed by atoms with Gasteiger partial charge in [0, 0.05) is 11.8 Å². The van der Waals surface area contributed by atoms with Crippen molar-refractivity contribution in [2.24, 2.45) is 5.41 Å². The SMILES string of the molecule is CC(C)(Cc1cccc(-c2nc(Cl)ncc2C(F)(F)F)c1)C(=O)O. The summed E-state index contributed by atoms with van der Waals surface area (Å²) in [6.07, 6.45) is -3.83. The van der Waals surface area contributed by atoms with Gasteiger partial charge in [-0.15, -0.1) is 0 Å². The molecule has 128 valence electrons. The molecule has 0 bridgehead atoms. The van der Waals surface area contributed by atoms with Crippen LogP contribution in [0, 0.1) is 5.41 Å². The minimum atomic E-state index is -4.63. The number of rotatable bonds is 4. The second-order valence-electron chi connectivity index (χ2n) is 5.97. The number of carbonyl (C=O) groups is 1. The Morgan fingerprint density at radius 2 is 1.96 bits per heavy atom. The van der Waals surface area contributed by atoms with Crippen molar-refractivity contribution in [1.29, 1.82) is 0 Å². The molecule has 8 heteroatoms. The second kappa shape index (κ2) is 6.39. The van der Waals surface area contributed by atoms with E-state index < -0.39 is 23.1 Å². The van der Waals surface area contributed by atoms with Crippen molar-refractivity contribution in [2.75, 3.05) is 0 Å². The zero-order valence-corrected chi connectivity index (χ0v) is 13.6. The molecule has 2 rings (SSSR count). The Morgan fingerprint density at radius 3 is 2.54 bits per heavy atom. The van der Waals surface area contributed by atoms with Gasteiger partial charge in [0.15, 0.2) is 0 Å². The number of nitrogens with zero attached hydrogens (tertiary/aromatic N) is 2. The molecule has 4 nitrogen and oxygen atoms in total. The molecular weight excluding hydrogens is 345 g/mol. The fourth-order valence-electron chi connectivity index (χ4n) is 2.20. The molecule has 0 aliphatic heterocycles. The van der Waals surface area contributed by atoms with E-state index in [0.29, 0.717) is 11.8 Å². The van der Waals surface area contributed by atoms with Crippen LogP contribution in [0.4, 0.5) is 13.2 Å². The Bertz CT molecular complexity index is 776. The van der Waals surface area contributed by atoms with Crippen molar-refractivity contribution in [1.82, 2.24) is 9.97 Å². The Morgan fingerprint density at radius 1 is 1.29 bits per heavy atom. The summed E-state index contributed by atoms with van der Waals surface area (Å²) in [7, 11) is 0. The summed E-state index contributed by atoms with van der Waals surface area (Å²) >= 11 is 5.64. The van der Waals surface area contributed by atoms with E-state index in [1.54, 1.807) is 26.0 Å². The van der Waals surface area contributed by atoms with Crippen LogP contribution in [0.25, 0.3) is 11.3 Å². The zero-order valence-electron chi connectivity index (χ0n) is 12.9. The van der Waals surface area contributed by atoms with Crippen LogP contribution in [0.2, 0.25) is 5.28 Å². The van der Waals surface area contributed by atoms with E-state index in [1.165, 1.54) is 12.1 Å². The summed E-state index contributed by atoms with van der Waals surface area (Å²) in [5, 5.41) is 8.89. The van der Waals surface area contributed by atoms with Gasteiger partial charge in [-0.1, -0.05) is 18.2 Å². The van der Waals surface area contributed by atoms with Crippen molar-refractivity contribution < 1.29 is 23.1 Å². The Labute approximate surface area is 141 Å². The van der Waals surface area contributed by atoms with Gasteiger partial charge in [-0.3, -0.25) is 4.79 Å². The van der Waals surface area contributed by atoms with Gasteiger partial charge >= 0.3 is 12.1 Å². The average molecular weight is 359 g/mol. The van der Waals surface area contributed by atoms with Crippen LogP contribution in [0.3, 0.4) is 0 Å². The summed E-state index contributed by atoms with van der Waals surface area (Å²) in [6, 6.07) is 6.16. The smallest absolute Gasteiger partial charge is 0.419 e. The summed E-state index contributed by atoms with van der Waals surface area (Å²) in [4.78, 5) is 18.3. The third-order valence-corrected chi connectivity index (χ3v) is 3.67. The zero-order chi connectivity index (χ0) is 18.1. The normalized spacial score (nSPS) is 12.2. The Hall–Kier alpha value is -2.15. The van der Waals surface area contributed by atoms with Gasteiger partial charge in [0.2, 0.25) is 5.28 Å². The molecule has 0 spiro atoms. The summed E-state index contributed by atoms with van der Waals surface area (Å²) < 4.78 is 39.4. The molecule has 2 aromatic rings. The largest absolute Gasteiger partial charge is 0.481 e. The highest BCUT2D eigenvalue weighted by Crippen LogP contribution is 2.36. The molecule has 0 radical (unpaired) electrons. The van der Waals surface area contributed by atoms with E-state index >= 15 is 0 Å². The lowest BCUT2D eigenvalue weighted by Gasteiger charge is -2.19. The Kier molecular flexibility index (Phi) is 4.85. The van der Waals surface area contributed by atoms with Gasteiger partial charge in [-0.2, -0.15) is 13.2 Å². The fraction of sp³-hybridized carbons (Fsp3) is 0.312. The quantitative estimate of drug-likeness (QED) is 0.819. The Balaban J connectivity index is 2.50. The number of hydrogen-bond donors (Lipinski definition) is 1. The number of aromatic nitrogens is 2. The van der Waals surface area contributed by atoms with Crippen LogP contribution in [0.15, 0.2) is 30.5 Å². The molecule has 1 aromatic heterocycles. The molecule has 24 heavy (non-hydrogen) atoms. The van der Waals surface area contributed by atoms with Gasteiger partial charge in [-0.05, 0) is 43.5 Å². The number of halogens is 4. The monoisotopic (exact) mass is 358 g/mol. The van der Waals surface area contributed by atoms with Crippen molar-refractivity contribution in [3.8, 4) is 11.3 Å². The summed E-state index contributed by atoms with van der Waals surface area (Å²) in [5.74, 6) is -0.992. The number of aliphatic carboxylic acids is 1. The first kappa shape index (κ1) is 18.2. The number of carboxylic acid groups (broad SMARTS) is 1. The van der Waals surface area contributed by atoms with E-state index in [1.807, 2.05) is 0 Å². The molecule has 0 fully saturated rings. The highest BCUT2D eigenvalue weighted by atomic mass is 35.5. The lowest BCUT2D eigenvalue weighted by atomic mass is 9.85. The van der Waals surface area contributed by atoms with E-state index in [9.17, 15) is 23.1 Å². The summed E-state index contributed by atoms with van der Waals surface area (Å²) in [5.41, 5.74) is -1.60. The fourth-order valence-corrected chi connectivity index (χ4v) is 2.34. The highest BCUT2D eigenvalue weighted by Gasteiger charge is 2.35. The van der Waals surface area contributed by atoms with Crippen molar-refractivity contribution in [3.63, 3.8) is 0 Å². The topological polar surface area (TPSA) is 63.1 Å². The van der Waals surface area contributed by atoms with Crippen LogP contribution >= 0.6 is 11.6 Å². The second-order valence-corrected chi connectivity index (χ2v) is 6.30. The number of benzene rings is 1. The maximum atomic E-state index is 13.1. The minimum Gasteiger partial charge on any atom is -0.481 e. The minimum absolute atomic E-state index is 0.163. The van der Waals surface area contributed by atoms with Crippen LogP contribution in [0.1, 0.15) is 25.0 Å². The van der Waals surface area contributed by atoms with Crippen LogP contribution < -0.4 is 0 Å². The van der Waals surface area contributed by atoms with Gasteiger partial charge in [0.05, 0.1) is 11.1 Å². The average Bonchev–Trinajstić information content (AvgIpc) is 2.45. The van der Waals surface area contributed by atoms with Gasteiger partial charge in [0.1, 0.15) is 5.56 Å². The molecule has 0 aliphatic carbocycles. The molecular formula is C16H14ClF3N2O2. The maximum Gasteiger partial charge on any atom is 0.419 e. The molecule has 0 unspecified atom stereocenters. The van der Waals surface area contributed by atoms with Crippen LogP contribution in [0.5, 0.6) is 0 Å². The maximum absolute atomic E-state index is 13.1. The van der Waals surface area contributed by atoms with Crippen molar-refractivity contribution in [2.45, 2.75) is 26.4 Å². The predicted octanol–water partition coefficient (Wildman–Crippen LogP) is 4.47. The molecule has 0 atom stereocenters. The molecule has 1 aromatic carbocycles. The molecule has 0 amide bonds. The molecule has 1 heterocycles. The lowest BCUT2D eigenvalue weighted by Crippen LogP contribution is -2.26. The van der Waals surface area contributed by atoms with Crippen molar-refractivity contribution >= 4 is 17.6 Å². The molecule has 0 saturated carbocycles. The highest BCUT2D eigenvalue weighted by molar-refractivity contribution is 6.28. The number of hydrogen-bond acceptors (Lipinski definition) is 3. The first-order valence-electron chi connectivity index (χ1n) is 6.93. The van der Waals surface area contributed by atoms with Gasteiger partial charge in [-0.25, -0.2) is 9.97 Å². The summed E-state index contributed by atoms with van der Waals surface area (Å²) in [6.45, 7) is 3.09. The van der Waals surface area contributed by atoms with E-state index in [2.05, 4.69) is 9.97 Å². The number of alkyl halides is 3. The van der Waals surface area contributed by atoms with Crippen LogP contribution in [-0.4, -0.2) is 21.0 Å². The first-order valence-corrected chi connectivity index (χ1v) is 7.31. The third kappa shape index (κ3) is 4.03. The van der Waals surface area contributed by atoms with Crippen LogP contribution in [-0.2, 0) is 17.4 Å². The first-order chi connectivity index (χ1) is 11.0. The predicted molar refractivity (Wildman–Crippen MR) is 82.6 cm³/mol. The molecule has 0 saturated heterocycles. The van der Waals surface area contributed by atoms with E-state index in [-0.39, 0.29) is 23.0 Å². The lowest BCUT2D eigenvalue weighted by molar-refractivity contribution is -0.146. The van der Waals surface area contributed by atoms with Gasteiger partial charge < -0.3 is 5.11 Å². The molecule has 0 aliphatic rings. The van der Waals surface area contributed by atoms with E-state index in [0.717, 1.165) is 0 Å². The number of carboxylic acids is 1.